The van der Waals surface area contributed by atoms with Crippen LogP contribution in [0.2, 0.25) is 0 Å². The smallest absolute Gasteiger partial charge is 0.107 e. The topological polar surface area (TPSA) is 0 Å². The Hall–Kier alpha value is 0.610. The van der Waals surface area contributed by atoms with Crippen LogP contribution in [0.25, 0.3) is 0 Å². The summed E-state index contributed by atoms with van der Waals surface area (Å²) in [5.74, 6) is 6.55. The fourth-order valence-corrected chi connectivity index (χ4v) is 9.07. The zero-order chi connectivity index (χ0) is 12.8. The number of fused-ring (bicyclic) bond motifs is 3. The Balaban J connectivity index is 1.82. The molecule has 3 aliphatic heterocycles. The van der Waals surface area contributed by atoms with Gasteiger partial charge >= 0.3 is 0 Å². The number of unbranched alkanes of at least 4 members (excludes halogenated alkanes) is 3. The summed E-state index contributed by atoms with van der Waals surface area (Å²) in [7, 11) is 0. The first-order valence-electron chi connectivity index (χ1n) is 7.19. The van der Waals surface area contributed by atoms with Crippen molar-refractivity contribution in [3.8, 4) is 12.3 Å². The van der Waals surface area contributed by atoms with Crippen LogP contribution in [0.15, 0.2) is 0 Å². The molecule has 3 heterocycles. The molecule has 0 aromatic heterocycles. The molecule has 0 spiro atoms. The predicted octanol–water partition coefficient (Wildman–Crippen LogP) is 5.24. The Morgan fingerprint density at radius 1 is 1.22 bits per heavy atom. The van der Waals surface area contributed by atoms with Crippen molar-refractivity contribution in [2.75, 3.05) is 11.5 Å². The summed E-state index contributed by atoms with van der Waals surface area (Å²) in [5, 5.41) is 0.945. The Labute approximate surface area is 125 Å². The molecule has 2 bridgehead atoms. The third kappa shape index (κ3) is 3.81. The fraction of sp³-hybridized carbons (Fsp3) is 0.867. The molecule has 0 N–H and O–H groups in total. The van der Waals surface area contributed by atoms with Crippen LogP contribution in [0.4, 0.5) is 0 Å². The van der Waals surface area contributed by atoms with Crippen LogP contribution < -0.4 is 0 Å². The maximum atomic E-state index is 5.33. The molecule has 3 rings (SSSR count). The quantitative estimate of drug-likeness (QED) is 0.466. The second-order valence-corrected chi connectivity index (χ2v) is 10.2. The molecule has 3 aliphatic rings. The Bertz CT molecular complexity index is 287. The summed E-state index contributed by atoms with van der Waals surface area (Å²) in [6, 6.07) is 0. The Kier molecular flexibility index (Phi) is 6.18. The number of thioether (sulfide) groups is 3. The minimum atomic E-state index is 0.488. The van der Waals surface area contributed by atoms with Crippen molar-refractivity contribution in [2.24, 2.45) is 5.92 Å². The minimum absolute atomic E-state index is 0.488. The molecule has 3 heteroatoms. The van der Waals surface area contributed by atoms with Gasteiger partial charge in [-0.25, -0.2) is 0 Å². The van der Waals surface area contributed by atoms with E-state index in [9.17, 15) is 0 Å². The highest BCUT2D eigenvalue weighted by molar-refractivity contribution is 8.35. The van der Waals surface area contributed by atoms with Crippen molar-refractivity contribution in [2.45, 2.75) is 60.5 Å². The molecule has 0 aliphatic carbocycles. The van der Waals surface area contributed by atoms with Gasteiger partial charge in [0.2, 0.25) is 0 Å². The fourth-order valence-electron chi connectivity index (χ4n) is 2.64. The molecule has 0 amide bonds. The highest BCUT2D eigenvalue weighted by Crippen LogP contribution is 2.63. The van der Waals surface area contributed by atoms with Gasteiger partial charge in [-0.15, -0.1) is 47.6 Å². The van der Waals surface area contributed by atoms with Crippen LogP contribution in [-0.2, 0) is 0 Å². The summed E-state index contributed by atoms with van der Waals surface area (Å²) >= 11 is 6.76. The number of terminal acetylenes is 1. The Morgan fingerprint density at radius 3 is 2.67 bits per heavy atom. The SMILES string of the molecule is C#CCCCCC12SCC(CS1)C(CCCC)S2. The van der Waals surface area contributed by atoms with E-state index in [0.717, 1.165) is 17.6 Å². The van der Waals surface area contributed by atoms with Gasteiger partial charge in [-0.2, -0.15) is 0 Å². The third-order valence-corrected chi connectivity index (χ3v) is 9.74. The minimum Gasteiger partial charge on any atom is -0.133 e. The van der Waals surface area contributed by atoms with Gasteiger partial charge in [-0.05, 0) is 31.6 Å². The van der Waals surface area contributed by atoms with Crippen LogP contribution in [0.5, 0.6) is 0 Å². The predicted molar refractivity (Wildman–Crippen MR) is 89.3 cm³/mol. The number of hydrogen-bond acceptors (Lipinski definition) is 3. The van der Waals surface area contributed by atoms with Crippen LogP contribution in [0.3, 0.4) is 0 Å². The molecule has 0 aromatic carbocycles. The summed E-state index contributed by atoms with van der Waals surface area (Å²) < 4.78 is 0.488. The normalized spacial score (nSPS) is 34.4. The lowest BCUT2D eigenvalue weighted by atomic mass is 10.0. The van der Waals surface area contributed by atoms with Gasteiger partial charge < -0.3 is 0 Å². The number of rotatable bonds is 7. The lowest BCUT2D eigenvalue weighted by Gasteiger charge is -2.49. The second kappa shape index (κ2) is 7.41. The highest BCUT2D eigenvalue weighted by atomic mass is 32.3. The van der Waals surface area contributed by atoms with Gasteiger partial charge in [0.15, 0.2) is 0 Å². The lowest BCUT2D eigenvalue weighted by Crippen LogP contribution is -2.41. The second-order valence-electron chi connectivity index (χ2n) is 5.27. The summed E-state index contributed by atoms with van der Waals surface area (Å²) in [5.41, 5.74) is 0. The molecule has 3 saturated heterocycles. The molecular weight excluding hydrogens is 276 g/mol. The molecule has 0 radical (unpaired) electrons. The zero-order valence-electron chi connectivity index (χ0n) is 11.3. The van der Waals surface area contributed by atoms with E-state index in [0.29, 0.717) is 3.41 Å². The first kappa shape index (κ1) is 15.0. The molecule has 102 valence electrons. The molecular formula is C15H24S3. The summed E-state index contributed by atoms with van der Waals surface area (Å²) in [6.07, 6.45) is 14.4. The van der Waals surface area contributed by atoms with Crippen molar-refractivity contribution >= 4 is 35.3 Å². The highest BCUT2D eigenvalue weighted by Gasteiger charge is 2.47. The standard InChI is InChI=1S/C15H24S3/c1-3-5-7-8-10-15-16-11-13(12-17-15)14(18-15)9-6-4-2/h1,13-14H,4-12H2,2H3. The van der Waals surface area contributed by atoms with E-state index in [-0.39, 0.29) is 0 Å². The van der Waals surface area contributed by atoms with Crippen LogP contribution in [-0.4, -0.2) is 20.2 Å². The van der Waals surface area contributed by atoms with Gasteiger partial charge in [0.1, 0.15) is 3.41 Å². The van der Waals surface area contributed by atoms with Gasteiger partial charge in [0.25, 0.3) is 0 Å². The van der Waals surface area contributed by atoms with Crippen molar-refractivity contribution < 1.29 is 0 Å². The molecule has 3 fully saturated rings. The third-order valence-electron chi connectivity index (χ3n) is 3.79. The van der Waals surface area contributed by atoms with Crippen molar-refractivity contribution in [1.29, 1.82) is 0 Å². The number of hydrogen-bond donors (Lipinski definition) is 0. The van der Waals surface area contributed by atoms with E-state index < -0.39 is 0 Å². The molecule has 0 saturated carbocycles. The molecule has 0 nitrogen and oxygen atoms in total. The van der Waals surface area contributed by atoms with E-state index in [4.69, 9.17) is 6.42 Å². The molecule has 18 heavy (non-hydrogen) atoms. The van der Waals surface area contributed by atoms with Crippen LogP contribution in [0.1, 0.15) is 51.9 Å². The van der Waals surface area contributed by atoms with E-state index in [2.05, 4.69) is 48.1 Å². The van der Waals surface area contributed by atoms with Crippen molar-refractivity contribution in [3.05, 3.63) is 0 Å². The first-order valence-corrected chi connectivity index (χ1v) is 10.0. The van der Waals surface area contributed by atoms with Gasteiger partial charge in [0, 0.05) is 23.2 Å². The lowest BCUT2D eigenvalue weighted by molar-refractivity contribution is 0.546. The van der Waals surface area contributed by atoms with Crippen molar-refractivity contribution in [1.82, 2.24) is 0 Å². The molecule has 1 unspecified atom stereocenters. The van der Waals surface area contributed by atoms with E-state index in [1.54, 1.807) is 0 Å². The molecule has 1 atom stereocenters. The van der Waals surface area contributed by atoms with Gasteiger partial charge in [-0.1, -0.05) is 19.8 Å². The average Bonchev–Trinajstić information content (AvgIpc) is 2.43. The monoisotopic (exact) mass is 300 g/mol. The maximum absolute atomic E-state index is 5.33. The Morgan fingerprint density at radius 2 is 2.00 bits per heavy atom. The average molecular weight is 301 g/mol. The van der Waals surface area contributed by atoms with Crippen LogP contribution in [0, 0.1) is 18.3 Å². The summed E-state index contributed by atoms with van der Waals surface area (Å²) in [6.45, 7) is 2.31. The van der Waals surface area contributed by atoms with E-state index >= 15 is 0 Å². The van der Waals surface area contributed by atoms with Gasteiger partial charge in [0.05, 0.1) is 0 Å². The molecule has 0 aromatic rings. The van der Waals surface area contributed by atoms with E-state index in [1.807, 2.05) is 0 Å². The van der Waals surface area contributed by atoms with Crippen LogP contribution >= 0.6 is 35.3 Å². The van der Waals surface area contributed by atoms with E-state index in [1.165, 1.54) is 50.0 Å². The largest absolute Gasteiger partial charge is 0.133 e. The summed E-state index contributed by atoms with van der Waals surface area (Å²) in [4.78, 5) is 0. The maximum Gasteiger partial charge on any atom is 0.107 e. The van der Waals surface area contributed by atoms with Crippen molar-refractivity contribution in [3.63, 3.8) is 0 Å². The zero-order valence-corrected chi connectivity index (χ0v) is 13.8. The first-order chi connectivity index (χ1) is 8.79. The van der Waals surface area contributed by atoms with Gasteiger partial charge in [-0.3, -0.25) is 0 Å².